The van der Waals surface area contributed by atoms with Gasteiger partial charge in [-0.3, -0.25) is 9.88 Å². The molecule has 0 spiro atoms. The Hall–Kier alpha value is -2.09. The first-order valence-electron chi connectivity index (χ1n) is 8.87. The van der Waals surface area contributed by atoms with E-state index in [9.17, 15) is 0 Å². The van der Waals surface area contributed by atoms with Crippen molar-refractivity contribution in [3.63, 3.8) is 0 Å². The molecule has 0 amide bonds. The lowest BCUT2D eigenvalue weighted by Gasteiger charge is -2.20. The second-order valence-electron chi connectivity index (χ2n) is 6.54. The Morgan fingerprint density at radius 2 is 2.19 bits per heavy atom. The van der Waals surface area contributed by atoms with Crippen molar-refractivity contribution in [1.29, 1.82) is 0 Å². The van der Waals surface area contributed by atoms with E-state index in [2.05, 4.69) is 38.4 Å². The number of thiophene rings is 1. The van der Waals surface area contributed by atoms with Crippen molar-refractivity contribution in [3.05, 3.63) is 63.7 Å². The molecule has 4 heterocycles. The molecule has 1 aliphatic rings. The quantitative estimate of drug-likeness (QED) is 0.629. The van der Waals surface area contributed by atoms with Gasteiger partial charge in [-0.2, -0.15) is 4.98 Å². The number of hydrogen-bond acceptors (Lipinski definition) is 7. The predicted octanol–water partition coefficient (Wildman–Crippen LogP) is 3.89. The van der Waals surface area contributed by atoms with Crippen molar-refractivity contribution >= 4 is 11.3 Å². The minimum Gasteiger partial charge on any atom is -0.368 e. The Morgan fingerprint density at radius 3 is 2.92 bits per heavy atom. The van der Waals surface area contributed by atoms with E-state index in [1.54, 1.807) is 11.3 Å². The largest absolute Gasteiger partial charge is 0.368 e. The molecule has 3 aromatic rings. The third-order valence-electron chi connectivity index (χ3n) is 4.50. The summed E-state index contributed by atoms with van der Waals surface area (Å²) < 4.78 is 11.1. The van der Waals surface area contributed by atoms with Gasteiger partial charge >= 0.3 is 0 Å². The van der Waals surface area contributed by atoms with Crippen LogP contribution < -0.4 is 0 Å². The number of rotatable bonds is 7. The minimum absolute atomic E-state index is 0.0416. The molecule has 0 radical (unpaired) electrons. The lowest BCUT2D eigenvalue weighted by atomic mass is 10.2. The van der Waals surface area contributed by atoms with E-state index in [0.29, 0.717) is 18.3 Å². The van der Waals surface area contributed by atoms with Gasteiger partial charge in [0, 0.05) is 30.8 Å². The Kier molecular flexibility index (Phi) is 5.38. The second kappa shape index (κ2) is 8.07. The molecular formula is C19H22N4O2S. The molecule has 1 atom stereocenters. The smallest absolute Gasteiger partial charge is 0.255 e. The molecule has 0 aliphatic carbocycles. The Bertz CT molecular complexity index is 827. The molecule has 3 aromatic heterocycles. The summed E-state index contributed by atoms with van der Waals surface area (Å²) in [4.78, 5) is 12.7. The van der Waals surface area contributed by atoms with E-state index in [1.807, 2.05) is 24.4 Å². The maximum absolute atomic E-state index is 5.64. The summed E-state index contributed by atoms with van der Waals surface area (Å²) in [7, 11) is 0. The van der Waals surface area contributed by atoms with Crippen LogP contribution in [0, 0.1) is 6.92 Å². The van der Waals surface area contributed by atoms with Gasteiger partial charge < -0.3 is 9.26 Å². The molecule has 1 saturated heterocycles. The molecule has 4 rings (SSSR count). The second-order valence-corrected chi connectivity index (χ2v) is 7.54. The molecule has 0 bridgehead atoms. The van der Waals surface area contributed by atoms with Crippen LogP contribution >= 0.6 is 11.3 Å². The monoisotopic (exact) mass is 370 g/mol. The van der Waals surface area contributed by atoms with Crippen molar-refractivity contribution < 1.29 is 9.26 Å². The van der Waals surface area contributed by atoms with Crippen molar-refractivity contribution in [2.24, 2.45) is 0 Å². The Morgan fingerprint density at radius 1 is 1.23 bits per heavy atom. The van der Waals surface area contributed by atoms with Crippen LogP contribution in [0.3, 0.4) is 0 Å². The average Bonchev–Trinajstić information content (AvgIpc) is 3.39. The van der Waals surface area contributed by atoms with E-state index >= 15 is 0 Å². The van der Waals surface area contributed by atoms with Crippen molar-refractivity contribution in [2.75, 3.05) is 6.61 Å². The van der Waals surface area contributed by atoms with Crippen molar-refractivity contribution in [2.45, 2.75) is 45.5 Å². The molecule has 0 unspecified atom stereocenters. The van der Waals surface area contributed by atoms with E-state index in [4.69, 9.17) is 9.26 Å². The van der Waals surface area contributed by atoms with Gasteiger partial charge in [0.15, 0.2) is 5.82 Å². The molecule has 0 N–H and O–H groups in total. The molecular weight excluding hydrogens is 348 g/mol. The normalized spacial score (nSPS) is 17.2. The summed E-state index contributed by atoms with van der Waals surface area (Å²) in [5.74, 6) is 1.29. The van der Waals surface area contributed by atoms with Gasteiger partial charge in [0.05, 0.1) is 12.2 Å². The zero-order valence-electron chi connectivity index (χ0n) is 14.8. The van der Waals surface area contributed by atoms with Gasteiger partial charge in [-0.15, -0.1) is 11.3 Å². The molecule has 7 heteroatoms. The number of pyridine rings is 1. The summed E-state index contributed by atoms with van der Waals surface area (Å²) in [6.07, 6.45) is 3.79. The Balaban J connectivity index is 1.49. The van der Waals surface area contributed by atoms with Crippen LogP contribution in [0.5, 0.6) is 0 Å². The maximum atomic E-state index is 5.64. The number of aryl methyl sites for hydroxylation is 1. The van der Waals surface area contributed by atoms with Gasteiger partial charge in [0.2, 0.25) is 0 Å². The summed E-state index contributed by atoms with van der Waals surface area (Å²) in [5, 5.41) is 6.30. The molecule has 0 aromatic carbocycles. The van der Waals surface area contributed by atoms with Gasteiger partial charge in [-0.05, 0) is 48.9 Å². The lowest BCUT2D eigenvalue weighted by Crippen LogP contribution is -2.23. The van der Waals surface area contributed by atoms with Crippen LogP contribution in [-0.4, -0.2) is 26.6 Å². The first-order valence-corrected chi connectivity index (χ1v) is 9.75. The summed E-state index contributed by atoms with van der Waals surface area (Å²) in [6.45, 7) is 5.11. The fraction of sp³-hybridized carbons (Fsp3) is 0.421. The summed E-state index contributed by atoms with van der Waals surface area (Å²) in [5.41, 5.74) is 2.35. The number of aromatic nitrogens is 3. The molecule has 1 fully saturated rings. The van der Waals surface area contributed by atoms with Crippen LogP contribution in [0.25, 0.3) is 0 Å². The summed E-state index contributed by atoms with van der Waals surface area (Å²) in [6, 6.07) is 8.15. The fourth-order valence-corrected chi connectivity index (χ4v) is 4.04. The third kappa shape index (κ3) is 4.17. The van der Waals surface area contributed by atoms with Gasteiger partial charge in [0.1, 0.15) is 6.10 Å². The highest BCUT2D eigenvalue weighted by Gasteiger charge is 2.24. The van der Waals surface area contributed by atoms with E-state index < -0.39 is 0 Å². The van der Waals surface area contributed by atoms with E-state index in [0.717, 1.165) is 38.2 Å². The van der Waals surface area contributed by atoms with Crippen LogP contribution in [-0.2, 0) is 24.4 Å². The van der Waals surface area contributed by atoms with Gasteiger partial charge in [0.25, 0.3) is 5.89 Å². The highest BCUT2D eigenvalue weighted by molar-refractivity contribution is 7.10. The highest BCUT2D eigenvalue weighted by Crippen LogP contribution is 2.27. The van der Waals surface area contributed by atoms with Crippen molar-refractivity contribution in [1.82, 2.24) is 20.0 Å². The minimum atomic E-state index is -0.0416. The van der Waals surface area contributed by atoms with Crippen LogP contribution in [0.1, 0.15) is 46.8 Å². The van der Waals surface area contributed by atoms with Crippen molar-refractivity contribution in [3.8, 4) is 0 Å². The predicted molar refractivity (Wildman–Crippen MR) is 98.5 cm³/mol. The van der Waals surface area contributed by atoms with Crippen LogP contribution in [0.15, 0.2) is 40.4 Å². The zero-order valence-corrected chi connectivity index (χ0v) is 15.6. The average molecular weight is 370 g/mol. The van der Waals surface area contributed by atoms with Gasteiger partial charge in [-0.1, -0.05) is 11.2 Å². The third-order valence-corrected chi connectivity index (χ3v) is 5.51. The lowest BCUT2D eigenvalue weighted by molar-refractivity contribution is 0.0835. The molecule has 6 nitrogen and oxygen atoms in total. The summed E-state index contributed by atoms with van der Waals surface area (Å²) >= 11 is 1.78. The topological polar surface area (TPSA) is 64.3 Å². The number of hydrogen-bond donors (Lipinski definition) is 0. The van der Waals surface area contributed by atoms with Gasteiger partial charge in [-0.25, -0.2) is 0 Å². The SMILES string of the molecule is Cc1ccsc1CN(Cc1ccccn1)Cc1noc([C@H]2CCCO2)n1. The zero-order chi connectivity index (χ0) is 17.8. The fourth-order valence-electron chi connectivity index (χ4n) is 3.09. The van der Waals surface area contributed by atoms with E-state index in [-0.39, 0.29) is 6.10 Å². The number of nitrogens with zero attached hydrogens (tertiary/aromatic N) is 4. The maximum Gasteiger partial charge on any atom is 0.255 e. The molecule has 1 aliphatic heterocycles. The number of ether oxygens (including phenoxy) is 1. The van der Waals surface area contributed by atoms with E-state index in [1.165, 1.54) is 10.4 Å². The standard InChI is InChI=1S/C19H22N4O2S/c1-14-7-10-26-17(14)12-23(11-15-5-2-3-8-20-15)13-18-21-19(25-22-18)16-6-4-9-24-16/h2-3,5,7-8,10,16H,4,6,9,11-13H2,1H3/t16-/m1/s1. The molecule has 26 heavy (non-hydrogen) atoms. The first kappa shape index (κ1) is 17.3. The molecule has 136 valence electrons. The van der Waals surface area contributed by atoms with Crippen LogP contribution in [0.4, 0.5) is 0 Å². The Labute approximate surface area is 156 Å². The van der Waals surface area contributed by atoms with Crippen LogP contribution in [0.2, 0.25) is 0 Å². The first-order chi connectivity index (χ1) is 12.8. The molecule has 0 saturated carbocycles. The highest BCUT2D eigenvalue weighted by atomic mass is 32.1.